The van der Waals surface area contributed by atoms with E-state index in [0.29, 0.717) is 39.4 Å². The van der Waals surface area contributed by atoms with Gasteiger partial charge in [0.1, 0.15) is 11.6 Å². The molecule has 0 radical (unpaired) electrons. The molecule has 0 saturated heterocycles. The largest absolute Gasteiger partial charge is 0.308 e. The zero-order valence-electron chi connectivity index (χ0n) is 25.0. The maximum Gasteiger partial charge on any atom is 0.188 e. The van der Waals surface area contributed by atoms with Crippen LogP contribution in [0.1, 0.15) is 16.7 Å². The number of hydrogen-bond donors (Lipinski definition) is 0. The average Bonchev–Trinajstić information content (AvgIpc) is 3.65. The van der Waals surface area contributed by atoms with E-state index in [2.05, 4.69) is 32.9 Å². The lowest BCUT2D eigenvalue weighted by Gasteiger charge is -2.18. The Morgan fingerprint density at radius 2 is 0.938 bits per heavy atom. The van der Waals surface area contributed by atoms with Crippen LogP contribution in [0.3, 0.4) is 0 Å². The molecule has 3 heterocycles. The molecule has 5 aromatic carbocycles. The normalized spacial score (nSPS) is 10.8. The van der Waals surface area contributed by atoms with E-state index in [-0.39, 0.29) is 0 Å². The van der Waals surface area contributed by atoms with Crippen LogP contribution in [0.4, 0.5) is 11.4 Å². The van der Waals surface area contributed by atoms with Crippen LogP contribution >= 0.6 is 0 Å². The molecule has 0 amide bonds. The molecule has 0 bridgehead atoms. The van der Waals surface area contributed by atoms with E-state index in [0.717, 1.165) is 54.7 Å². The molecule has 0 aliphatic carbocycles. The molecule has 0 unspecified atom stereocenters. The minimum atomic E-state index is 0.391. The first kappa shape index (κ1) is 27.8. The van der Waals surface area contributed by atoms with Gasteiger partial charge in [0.05, 0.1) is 69.9 Å². The van der Waals surface area contributed by atoms with E-state index >= 15 is 0 Å². The van der Waals surface area contributed by atoms with Gasteiger partial charge in [0.15, 0.2) is 11.4 Å². The third kappa shape index (κ3) is 4.08. The Hall–Kier alpha value is -7.70. The zero-order valence-corrected chi connectivity index (χ0v) is 25.0. The third-order valence-electron chi connectivity index (χ3n) is 8.72. The number of hydrogen-bond acceptors (Lipinski definition) is 4. The van der Waals surface area contributed by atoms with Gasteiger partial charge < -0.3 is 9.13 Å². The lowest BCUT2D eigenvalue weighted by atomic mass is 10.0. The molecule has 0 spiro atoms. The molecule has 0 aliphatic heterocycles. The maximum absolute atomic E-state index is 11.0. The topological polar surface area (TPSA) is 103 Å². The van der Waals surface area contributed by atoms with E-state index in [9.17, 15) is 15.8 Å². The lowest BCUT2D eigenvalue weighted by Crippen LogP contribution is -2.05. The molecule has 48 heavy (non-hydrogen) atoms. The van der Waals surface area contributed by atoms with Crippen molar-refractivity contribution in [1.82, 2.24) is 14.1 Å². The minimum Gasteiger partial charge on any atom is -0.308 e. The molecule has 0 fully saturated rings. The Labute approximate surface area is 274 Å². The van der Waals surface area contributed by atoms with Crippen molar-refractivity contribution in [1.29, 1.82) is 15.8 Å². The highest BCUT2D eigenvalue weighted by molar-refractivity contribution is 6.12. The Balaban J connectivity index is 1.56. The van der Waals surface area contributed by atoms with Gasteiger partial charge in [-0.2, -0.15) is 15.8 Å². The molecule has 8 nitrogen and oxygen atoms in total. The Kier molecular flexibility index (Phi) is 6.22. The van der Waals surface area contributed by atoms with Gasteiger partial charge in [0.2, 0.25) is 0 Å². The van der Waals surface area contributed by atoms with Crippen LogP contribution in [0.2, 0.25) is 0 Å². The molecule has 0 saturated carbocycles. The summed E-state index contributed by atoms with van der Waals surface area (Å²) in [5, 5.41) is 33.7. The van der Waals surface area contributed by atoms with E-state index in [4.69, 9.17) is 13.1 Å². The quantitative estimate of drug-likeness (QED) is 0.186. The minimum absolute atomic E-state index is 0.391. The van der Waals surface area contributed by atoms with Crippen molar-refractivity contribution >= 4 is 55.0 Å². The molecular formula is C40H18N8. The fraction of sp³-hybridized carbons (Fsp3) is 0. The van der Waals surface area contributed by atoms with Crippen LogP contribution in [0.25, 0.3) is 75.8 Å². The third-order valence-corrected chi connectivity index (χ3v) is 8.72. The van der Waals surface area contributed by atoms with Crippen molar-refractivity contribution in [3.63, 3.8) is 0 Å². The summed E-state index contributed by atoms with van der Waals surface area (Å²) in [5.74, 6) is 0. The predicted octanol–water partition coefficient (Wildman–Crippen LogP) is 9.66. The second-order valence-electron chi connectivity index (χ2n) is 11.2. The Bertz CT molecular complexity index is 2580. The highest BCUT2D eigenvalue weighted by atomic mass is 15.0. The molecule has 3 aromatic heterocycles. The van der Waals surface area contributed by atoms with Gasteiger partial charge in [-0.15, -0.1) is 0 Å². The van der Waals surface area contributed by atoms with Crippen molar-refractivity contribution in [3.05, 3.63) is 149 Å². The van der Waals surface area contributed by atoms with Gasteiger partial charge in [-0.3, -0.25) is 4.98 Å². The number of pyridine rings is 1. The second-order valence-corrected chi connectivity index (χ2v) is 11.2. The van der Waals surface area contributed by atoms with Crippen LogP contribution in [-0.2, 0) is 0 Å². The monoisotopic (exact) mass is 610 g/mol. The number of benzene rings is 5. The molecule has 8 aromatic rings. The summed E-state index contributed by atoms with van der Waals surface area (Å²) in [6.07, 6.45) is 3.44. The van der Waals surface area contributed by atoms with Gasteiger partial charge in [0, 0.05) is 23.2 Å². The summed E-state index contributed by atoms with van der Waals surface area (Å²) < 4.78 is 4.04. The summed E-state index contributed by atoms with van der Waals surface area (Å²) in [6, 6.07) is 36.5. The van der Waals surface area contributed by atoms with E-state index in [1.807, 2.05) is 81.9 Å². The Morgan fingerprint density at radius 1 is 0.500 bits per heavy atom. The first-order valence-electron chi connectivity index (χ1n) is 14.8. The van der Waals surface area contributed by atoms with Gasteiger partial charge in [0.25, 0.3) is 0 Å². The number of rotatable bonds is 3. The van der Waals surface area contributed by atoms with Crippen molar-refractivity contribution in [3.8, 4) is 40.7 Å². The number of nitriles is 3. The standard InChI is InChI=1S/C40H18N8/c1-44-28-5-9-37-32(19-28)33-20-29(45-2)6-10-38(33)48(37)40-18-27(26-11-13-46-14-12-26)17-39(34(40)23-43)47-35-7-3-24(21-41)15-30(35)31-16-25(22-42)4-8-36(31)47/h3-20H. The van der Waals surface area contributed by atoms with Crippen molar-refractivity contribution in [2.75, 3.05) is 0 Å². The summed E-state index contributed by atoms with van der Waals surface area (Å²) in [5.41, 5.74) is 8.39. The molecule has 8 rings (SSSR count). The SMILES string of the molecule is [C-]#[N+]c1ccc2c(c1)c1cc([N+]#[C-])ccc1n2-c1cc(-c2ccncc2)cc(-n2c3ccc(C#N)cc3c3cc(C#N)ccc32)c1C#N. The summed E-state index contributed by atoms with van der Waals surface area (Å²) in [7, 11) is 0. The second kappa shape index (κ2) is 10.7. The molecule has 0 N–H and O–H groups in total. The molecule has 0 aliphatic rings. The molecule has 218 valence electrons. The van der Waals surface area contributed by atoms with Crippen LogP contribution in [0.5, 0.6) is 0 Å². The van der Waals surface area contributed by atoms with Gasteiger partial charge in [-0.25, -0.2) is 9.69 Å². The molecule has 0 atom stereocenters. The number of fused-ring (bicyclic) bond motifs is 6. The fourth-order valence-corrected chi connectivity index (χ4v) is 6.61. The van der Waals surface area contributed by atoms with E-state index < -0.39 is 0 Å². The highest BCUT2D eigenvalue weighted by Crippen LogP contribution is 2.41. The lowest BCUT2D eigenvalue weighted by molar-refractivity contribution is 1.12. The molecule has 8 heteroatoms. The fourth-order valence-electron chi connectivity index (χ4n) is 6.61. The van der Waals surface area contributed by atoms with Crippen molar-refractivity contribution < 1.29 is 0 Å². The van der Waals surface area contributed by atoms with Crippen LogP contribution in [0, 0.1) is 47.1 Å². The predicted molar refractivity (Wildman–Crippen MR) is 185 cm³/mol. The first-order chi connectivity index (χ1) is 23.6. The summed E-state index contributed by atoms with van der Waals surface area (Å²) in [6.45, 7) is 15.3. The smallest absolute Gasteiger partial charge is 0.188 e. The van der Waals surface area contributed by atoms with Crippen LogP contribution in [-0.4, -0.2) is 14.1 Å². The molecular weight excluding hydrogens is 592 g/mol. The number of aromatic nitrogens is 3. The Morgan fingerprint density at radius 3 is 1.35 bits per heavy atom. The maximum atomic E-state index is 11.0. The van der Waals surface area contributed by atoms with E-state index in [1.165, 1.54) is 0 Å². The first-order valence-corrected chi connectivity index (χ1v) is 14.8. The van der Waals surface area contributed by atoms with Gasteiger partial charge >= 0.3 is 0 Å². The van der Waals surface area contributed by atoms with Gasteiger partial charge in [-0.1, -0.05) is 12.1 Å². The highest BCUT2D eigenvalue weighted by Gasteiger charge is 2.23. The van der Waals surface area contributed by atoms with Gasteiger partial charge in [-0.05, 0) is 107 Å². The van der Waals surface area contributed by atoms with Crippen molar-refractivity contribution in [2.24, 2.45) is 0 Å². The van der Waals surface area contributed by atoms with Crippen molar-refractivity contribution in [2.45, 2.75) is 0 Å². The average molecular weight is 611 g/mol. The summed E-state index contributed by atoms with van der Waals surface area (Å²) >= 11 is 0. The van der Waals surface area contributed by atoms with E-state index in [1.54, 1.807) is 36.7 Å². The van der Waals surface area contributed by atoms with Crippen LogP contribution in [0.15, 0.2) is 109 Å². The zero-order chi connectivity index (χ0) is 32.9. The number of nitrogens with zero attached hydrogens (tertiary/aromatic N) is 8. The summed E-state index contributed by atoms with van der Waals surface area (Å²) in [4.78, 5) is 11.5. The van der Waals surface area contributed by atoms with Crippen LogP contribution < -0.4 is 0 Å².